The van der Waals surface area contributed by atoms with E-state index in [1.54, 1.807) is 12.1 Å². The Bertz CT molecular complexity index is 386. The van der Waals surface area contributed by atoms with Crippen molar-refractivity contribution in [2.45, 2.75) is 13.3 Å². The molecular weight excluding hydrogens is 204 g/mol. The lowest BCUT2D eigenvalue weighted by molar-refractivity contribution is 0.289. The summed E-state index contributed by atoms with van der Waals surface area (Å²) in [4.78, 5) is 6.17. The van der Waals surface area contributed by atoms with E-state index in [1.165, 1.54) is 0 Å². The van der Waals surface area contributed by atoms with Gasteiger partial charge in [0.25, 0.3) is 0 Å². The van der Waals surface area contributed by atoms with E-state index in [4.69, 9.17) is 16.1 Å². The molecule has 0 saturated carbocycles. The first-order valence-corrected chi connectivity index (χ1v) is 5.25. The smallest absolute Gasteiger partial charge is 0.165 e. The molecule has 1 aromatic rings. The zero-order valence-electron chi connectivity index (χ0n) is 9.35. The number of hydrogen-bond donors (Lipinski definition) is 2. The van der Waals surface area contributed by atoms with Gasteiger partial charge in [0.2, 0.25) is 0 Å². The number of rotatable bonds is 5. The zero-order valence-corrected chi connectivity index (χ0v) is 9.35. The number of nitrogens with two attached hydrogens (primary N) is 1. The number of aliphatic hydroxyl groups is 1. The summed E-state index contributed by atoms with van der Waals surface area (Å²) < 4.78 is 0. The summed E-state index contributed by atoms with van der Waals surface area (Å²) in [5.74, 6) is 0.724. The van der Waals surface area contributed by atoms with Crippen molar-refractivity contribution in [3.63, 3.8) is 0 Å². The molecule has 1 aromatic heterocycles. The molecule has 0 aromatic carbocycles. The first-order chi connectivity index (χ1) is 7.72. The summed E-state index contributed by atoms with van der Waals surface area (Å²) in [5.41, 5.74) is 6.24. The number of pyridine rings is 1. The van der Waals surface area contributed by atoms with Crippen LogP contribution in [-0.2, 0) is 0 Å². The van der Waals surface area contributed by atoms with Crippen molar-refractivity contribution < 1.29 is 5.11 Å². The molecular formula is C11H16N4O. The topological polar surface area (TPSA) is 86.2 Å². The number of aromatic nitrogens is 1. The van der Waals surface area contributed by atoms with Gasteiger partial charge in [0.05, 0.1) is 5.69 Å². The third-order valence-electron chi connectivity index (χ3n) is 2.31. The van der Waals surface area contributed by atoms with E-state index in [0.29, 0.717) is 12.1 Å². The van der Waals surface area contributed by atoms with Crippen LogP contribution < -0.4 is 10.6 Å². The van der Waals surface area contributed by atoms with Crippen LogP contribution in [0, 0.1) is 11.3 Å². The van der Waals surface area contributed by atoms with E-state index in [0.717, 1.165) is 18.9 Å². The predicted octanol–water partition coefficient (Wildman–Crippen LogP) is 0.744. The molecule has 0 radical (unpaired) electrons. The minimum atomic E-state index is 0.149. The second-order valence-corrected chi connectivity index (χ2v) is 3.38. The van der Waals surface area contributed by atoms with Crippen molar-refractivity contribution >= 4 is 11.5 Å². The summed E-state index contributed by atoms with van der Waals surface area (Å²) in [6.07, 6.45) is 0.682. The average molecular weight is 220 g/mol. The molecule has 5 heteroatoms. The summed E-state index contributed by atoms with van der Waals surface area (Å²) >= 11 is 0. The lowest BCUT2D eigenvalue weighted by Crippen LogP contribution is -2.25. The van der Waals surface area contributed by atoms with Gasteiger partial charge in [-0.05, 0) is 25.5 Å². The van der Waals surface area contributed by atoms with Crippen LogP contribution in [0.4, 0.5) is 11.5 Å². The van der Waals surface area contributed by atoms with Gasteiger partial charge >= 0.3 is 0 Å². The summed E-state index contributed by atoms with van der Waals surface area (Å²) in [6.45, 7) is 3.65. The summed E-state index contributed by atoms with van der Waals surface area (Å²) in [5, 5.41) is 17.6. The van der Waals surface area contributed by atoms with Crippen molar-refractivity contribution in [1.29, 1.82) is 5.26 Å². The monoisotopic (exact) mass is 220 g/mol. The Hall–Kier alpha value is -1.80. The maximum atomic E-state index is 8.82. The van der Waals surface area contributed by atoms with Crippen LogP contribution in [0.3, 0.4) is 0 Å². The quantitative estimate of drug-likeness (QED) is 0.764. The van der Waals surface area contributed by atoms with Gasteiger partial charge in [0.15, 0.2) is 5.69 Å². The van der Waals surface area contributed by atoms with Gasteiger partial charge < -0.3 is 15.7 Å². The van der Waals surface area contributed by atoms with Gasteiger partial charge in [-0.3, -0.25) is 0 Å². The molecule has 0 fully saturated rings. The Morgan fingerprint density at radius 2 is 2.31 bits per heavy atom. The summed E-state index contributed by atoms with van der Waals surface area (Å²) in [7, 11) is 0. The molecule has 0 aliphatic heterocycles. The Morgan fingerprint density at radius 3 is 2.88 bits per heavy atom. The zero-order chi connectivity index (χ0) is 12.0. The molecule has 1 heterocycles. The van der Waals surface area contributed by atoms with Crippen molar-refractivity contribution in [2.75, 3.05) is 30.3 Å². The normalized spacial score (nSPS) is 9.81. The van der Waals surface area contributed by atoms with Crippen LogP contribution in [0.5, 0.6) is 0 Å². The summed E-state index contributed by atoms with van der Waals surface area (Å²) in [6, 6.07) is 5.43. The molecule has 0 aliphatic carbocycles. The van der Waals surface area contributed by atoms with Gasteiger partial charge in [-0.25, -0.2) is 4.98 Å². The van der Waals surface area contributed by atoms with E-state index >= 15 is 0 Å². The first-order valence-electron chi connectivity index (χ1n) is 5.25. The third kappa shape index (κ3) is 2.84. The number of nitrogen functional groups attached to an aromatic ring is 1. The van der Waals surface area contributed by atoms with E-state index in [2.05, 4.69) is 4.98 Å². The Balaban J connectivity index is 2.89. The minimum absolute atomic E-state index is 0.149. The molecule has 0 saturated heterocycles. The van der Waals surface area contributed by atoms with Gasteiger partial charge in [-0.15, -0.1) is 0 Å². The highest BCUT2D eigenvalue weighted by atomic mass is 16.3. The number of anilines is 2. The fraction of sp³-hybridized carbons (Fsp3) is 0.455. The lowest BCUT2D eigenvalue weighted by Gasteiger charge is -2.21. The van der Waals surface area contributed by atoms with Crippen molar-refractivity contribution in [3.05, 3.63) is 17.8 Å². The Morgan fingerprint density at radius 1 is 1.56 bits per heavy atom. The van der Waals surface area contributed by atoms with E-state index < -0.39 is 0 Å². The van der Waals surface area contributed by atoms with Gasteiger partial charge in [-0.1, -0.05) is 0 Å². The van der Waals surface area contributed by atoms with Gasteiger partial charge in [-0.2, -0.15) is 5.26 Å². The predicted molar refractivity (Wildman–Crippen MR) is 63.0 cm³/mol. The number of nitrogens with zero attached hydrogens (tertiary/aromatic N) is 3. The molecule has 1 rings (SSSR count). The fourth-order valence-electron chi connectivity index (χ4n) is 1.42. The first kappa shape index (κ1) is 12.3. The van der Waals surface area contributed by atoms with E-state index in [9.17, 15) is 0 Å². The van der Waals surface area contributed by atoms with E-state index in [-0.39, 0.29) is 12.3 Å². The van der Waals surface area contributed by atoms with Crippen LogP contribution in [0.1, 0.15) is 19.0 Å². The van der Waals surface area contributed by atoms with Crippen LogP contribution >= 0.6 is 0 Å². The fourth-order valence-corrected chi connectivity index (χ4v) is 1.42. The van der Waals surface area contributed by atoms with Crippen molar-refractivity contribution in [1.82, 2.24) is 4.98 Å². The number of aliphatic hydroxyl groups excluding tert-OH is 1. The molecule has 0 bridgehead atoms. The van der Waals surface area contributed by atoms with Crippen LogP contribution in [0.15, 0.2) is 12.1 Å². The molecule has 5 nitrogen and oxygen atoms in total. The molecule has 86 valence electrons. The Kier molecular flexibility index (Phi) is 4.55. The molecule has 3 N–H and O–H groups in total. The highest BCUT2D eigenvalue weighted by molar-refractivity contribution is 5.55. The minimum Gasteiger partial charge on any atom is -0.396 e. The lowest BCUT2D eigenvalue weighted by atomic mass is 10.3. The van der Waals surface area contributed by atoms with E-state index in [1.807, 2.05) is 17.9 Å². The highest BCUT2D eigenvalue weighted by Gasteiger charge is 2.08. The molecule has 16 heavy (non-hydrogen) atoms. The van der Waals surface area contributed by atoms with Crippen LogP contribution in [0.2, 0.25) is 0 Å². The van der Waals surface area contributed by atoms with Crippen LogP contribution in [0.25, 0.3) is 0 Å². The van der Waals surface area contributed by atoms with Crippen LogP contribution in [-0.4, -0.2) is 29.8 Å². The van der Waals surface area contributed by atoms with Crippen molar-refractivity contribution in [2.24, 2.45) is 0 Å². The molecule has 0 amide bonds. The average Bonchev–Trinajstić information content (AvgIpc) is 2.32. The van der Waals surface area contributed by atoms with Gasteiger partial charge in [0.1, 0.15) is 11.9 Å². The third-order valence-corrected chi connectivity index (χ3v) is 2.31. The molecule has 0 aliphatic rings. The molecule has 0 unspecified atom stereocenters. The SMILES string of the molecule is CCN(CCCO)c1ccc(N)c(C#N)n1. The molecule has 0 spiro atoms. The second kappa shape index (κ2) is 5.93. The number of nitriles is 1. The van der Waals surface area contributed by atoms with Gasteiger partial charge in [0, 0.05) is 19.7 Å². The maximum Gasteiger partial charge on any atom is 0.165 e. The largest absolute Gasteiger partial charge is 0.396 e. The standard InChI is InChI=1S/C11H16N4O/c1-2-15(6-3-7-16)11-5-4-9(13)10(8-12)14-11/h4-5,16H,2-3,6-7,13H2,1H3. The second-order valence-electron chi connectivity index (χ2n) is 3.38. The van der Waals surface area contributed by atoms with Crippen molar-refractivity contribution in [3.8, 4) is 6.07 Å². The Labute approximate surface area is 95.1 Å². The highest BCUT2D eigenvalue weighted by Crippen LogP contribution is 2.16. The maximum absolute atomic E-state index is 8.82. The molecule has 0 atom stereocenters. The number of hydrogen-bond acceptors (Lipinski definition) is 5.